The second kappa shape index (κ2) is 3.54. The fourth-order valence-electron chi connectivity index (χ4n) is 2.15. The Morgan fingerprint density at radius 1 is 1.50 bits per heavy atom. The van der Waals surface area contributed by atoms with Gasteiger partial charge in [0.2, 0.25) is 0 Å². The number of fused-ring (bicyclic) bond motifs is 1. The van der Waals surface area contributed by atoms with Crippen LogP contribution in [-0.4, -0.2) is 10.9 Å². The summed E-state index contributed by atoms with van der Waals surface area (Å²) in [5, 5.41) is 9.76. The molecule has 1 aromatic carbocycles. The highest BCUT2D eigenvalue weighted by Crippen LogP contribution is 2.31. The number of aliphatic hydroxyl groups is 1. The van der Waals surface area contributed by atoms with Gasteiger partial charge in [-0.05, 0) is 37.3 Å². The number of hydrogen-bond donors (Lipinski definition) is 1. The number of carbonyl (C=O) groups excluding carboxylic acids is 1. The average molecular weight is 190 g/mol. The first-order valence-electron chi connectivity index (χ1n) is 5.01. The summed E-state index contributed by atoms with van der Waals surface area (Å²) in [6, 6.07) is 5.62. The largest absolute Gasteiger partial charge is 0.388 e. The summed E-state index contributed by atoms with van der Waals surface area (Å²) in [5.74, 6) is 0.0935. The Bertz CT molecular complexity index is 369. The number of benzene rings is 1. The van der Waals surface area contributed by atoms with Crippen LogP contribution in [0.4, 0.5) is 0 Å². The van der Waals surface area contributed by atoms with E-state index in [9.17, 15) is 9.90 Å². The van der Waals surface area contributed by atoms with Crippen LogP contribution in [0, 0.1) is 0 Å². The van der Waals surface area contributed by atoms with Crippen molar-refractivity contribution >= 4 is 5.78 Å². The maximum atomic E-state index is 11.3. The molecule has 2 heteroatoms. The summed E-state index contributed by atoms with van der Waals surface area (Å²) in [4.78, 5) is 11.3. The van der Waals surface area contributed by atoms with Gasteiger partial charge in [-0.3, -0.25) is 4.79 Å². The molecule has 0 heterocycles. The predicted molar refractivity (Wildman–Crippen MR) is 54.3 cm³/mol. The van der Waals surface area contributed by atoms with E-state index in [0.717, 1.165) is 36.0 Å². The Labute approximate surface area is 83.6 Å². The van der Waals surface area contributed by atoms with Crippen molar-refractivity contribution in [1.29, 1.82) is 0 Å². The monoisotopic (exact) mass is 190 g/mol. The zero-order valence-corrected chi connectivity index (χ0v) is 8.29. The Morgan fingerprint density at radius 2 is 2.29 bits per heavy atom. The van der Waals surface area contributed by atoms with Gasteiger partial charge >= 0.3 is 0 Å². The third-order valence-corrected chi connectivity index (χ3v) is 2.85. The quantitative estimate of drug-likeness (QED) is 0.690. The molecule has 0 bridgehead atoms. The third-order valence-electron chi connectivity index (χ3n) is 2.85. The lowest BCUT2D eigenvalue weighted by Crippen LogP contribution is -2.13. The van der Waals surface area contributed by atoms with Gasteiger partial charge in [-0.2, -0.15) is 0 Å². The zero-order chi connectivity index (χ0) is 10.1. The number of rotatable bonds is 1. The second-order valence-electron chi connectivity index (χ2n) is 3.84. The van der Waals surface area contributed by atoms with Crippen molar-refractivity contribution in [3.05, 3.63) is 34.9 Å². The highest BCUT2D eigenvalue weighted by Gasteiger charge is 2.21. The first-order chi connectivity index (χ1) is 6.70. The summed E-state index contributed by atoms with van der Waals surface area (Å²) < 4.78 is 0. The molecule has 1 N–H and O–H groups in total. The normalized spacial score (nSPS) is 20.3. The van der Waals surface area contributed by atoms with Gasteiger partial charge in [-0.25, -0.2) is 0 Å². The molecule has 1 unspecified atom stereocenters. The Hall–Kier alpha value is -1.15. The molecule has 0 amide bonds. The van der Waals surface area contributed by atoms with Crippen molar-refractivity contribution in [2.24, 2.45) is 0 Å². The van der Waals surface area contributed by atoms with Crippen LogP contribution in [0.5, 0.6) is 0 Å². The molecule has 0 saturated heterocycles. The minimum atomic E-state index is -0.377. The van der Waals surface area contributed by atoms with Crippen molar-refractivity contribution in [1.82, 2.24) is 0 Å². The highest BCUT2D eigenvalue weighted by atomic mass is 16.3. The van der Waals surface area contributed by atoms with E-state index >= 15 is 0 Å². The summed E-state index contributed by atoms with van der Waals surface area (Å²) in [6.45, 7) is 1.58. The van der Waals surface area contributed by atoms with E-state index in [1.54, 1.807) is 6.92 Å². The minimum Gasteiger partial charge on any atom is -0.388 e. The molecule has 1 aliphatic carbocycles. The van der Waals surface area contributed by atoms with Crippen molar-refractivity contribution < 1.29 is 9.90 Å². The van der Waals surface area contributed by atoms with E-state index < -0.39 is 0 Å². The van der Waals surface area contributed by atoms with Crippen molar-refractivity contribution in [2.75, 3.05) is 0 Å². The fraction of sp³-hybridized carbons (Fsp3) is 0.417. The average Bonchev–Trinajstić information content (AvgIpc) is 2.17. The van der Waals surface area contributed by atoms with Crippen LogP contribution in [0.3, 0.4) is 0 Å². The van der Waals surface area contributed by atoms with Crippen LogP contribution in [0.25, 0.3) is 0 Å². The first kappa shape index (κ1) is 9.41. The van der Waals surface area contributed by atoms with Gasteiger partial charge in [0, 0.05) is 5.56 Å². The van der Waals surface area contributed by atoms with E-state index in [1.807, 2.05) is 18.2 Å². The second-order valence-corrected chi connectivity index (χ2v) is 3.84. The molecule has 1 aromatic rings. The summed E-state index contributed by atoms with van der Waals surface area (Å²) in [7, 11) is 0. The standard InChI is InChI=1S/C12H14O2/c1-8(13)9-4-2-6-11-10(9)5-3-7-12(11)14/h2,4,6,12,14H,3,5,7H2,1H3. The number of carbonyl (C=O) groups is 1. The molecule has 2 nitrogen and oxygen atoms in total. The molecule has 0 aromatic heterocycles. The predicted octanol–water partition coefficient (Wildman–Crippen LogP) is 2.26. The van der Waals surface area contributed by atoms with Crippen molar-refractivity contribution in [2.45, 2.75) is 32.3 Å². The maximum Gasteiger partial charge on any atom is 0.160 e. The number of aliphatic hydroxyl groups excluding tert-OH is 1. The van der Waals surface area contributed by atoms with Gasteiger partial charge in [0.1, 0.15) is 0 Å². The lowest BCUT2D eigenvalue weighted by molar-refractivity contribution is 0.101. The molecule has 0 saturated carbocycles. The van der Waals surface area contributed by atoms with Gasteiger partial charge in [0.15, 0.2) is 5.78 Å². The summed E-state index contributed by atoms with van der Waals surface area (Å²) in [5.41, 5.74) is 2.78. The molecule has 0 fully saturated rings. The summed E-state index contributed by atoms with van der Waals surface area (Å²) >= 11 is 0. The number of hydrogen-bond acceptors (Lipinski definition) is 2. The number of Topliss-reactive ketones (excluding diaryl/α,β-unsaturated/α-hetero) is 1. The lowest BCUT2D eigenvalue weighted by Gasteiger charge is -2.22. The lowest BCUT2D eigenvalue weighted by atomic mass is 9.85. The van der Waals surface area contributed by atoms with E-state index in [0.29, 0.717) is 0 Å². The third kappa shape index (κ3) is 1.46. The molecule has 0 aliphatic heterocycles. The van der Waals surface area contributed by atoms with Gasteiger partial charge in [0.05, 0.1) is 6.10 Å². The van der Waals surface area contributed by atoms with E-state index in [2.05, 4.69) is 0 Å². The van der Waals surface area contributed by atoms with Crippen LogP contribution in [0.15, 0.2) is 18.2 Å². The van der Waals surface area contributed by atoms with Crippen LogP contribution in [0.2, 0.25) is 0 Å². The Morgan fingerprint density at radius 3 is 3.00 bits per heavy atom. The minimum absolute atomic E-state index is 0.0935. The molecule has 1 atom stereocenters. The molecular weight excluding hydrogens is 176 g/mol. The fourth-order valence-corrected chi connectivity index (χ4v) is 2.15. The van der Waals surface area contributed by atoms with E-state index in [1.165, 1.54) is 0 Å². The zero-order valence-electron chi connectivity index (χ0n) is 8.29. The smallest absolute Gasteiger partial charge is 0.160 e. The molecular formula is C12H14O2. The maximum absolute atomic E-state index is 11.3. The highest BCUT2D eigenvalue weighted by molar-refractivity contribution is 5.96. The van der Waals surface area contributed by atoms with Gasteiger partial charge in [-0.1, -0.05) is 18.2 Å². The topological polar surface area (TPSA) is 37.3 Å². The molecule has 2 rings (SSSR count). The van der Waals surface area contributed by atoms with E-state index in [4.69, 9.17) is 0 Å². The van der Waals surface area contributed by atoms with E-state index in [-0.39, 0.29) is 11.9 Å². The Kier molecular flexibility index (Phi) is 2.38. The van der Waals surface area contributed by atoms with Crippen LogP contribution >= 0.6 is 0 Å². The van der Waals surface area contributed by atoms with Crippen LogP contribution < -0.4 is 0 Å². The summed E-state index contributed by atoms with van der Waals surface area (Å²) in [6.07, 6.45) is 2.33. The molecule has 74 valence electrons. The Balaban J connectivity index is 2.55. The van der Waals surface area contributed by atoms with Gasteiger partial charge in [0.25, 0.3) is 0 Å². The van der Waals surface area contributed by atoms with Crippen molar-refractivity contribution in [3.63, 3.8) is 0 Å². The first-order valence-corrected chi connectivity index (χ1v) is 5.01. The molecule has 0 spiro atoms. The number of ketones is 1. The van der Waals surface area contributed by atoms with Gasteiger partial charge < -0.3 is 5.11 Å². The van der Waals surface area contributed by atoms with Crippen LogP contribution in [0.1, 0.15) is 47.4 Å². The van der Waals surface area contributed by atoms with Gasteiger partial charge in [-0.15, -0.1) is 0 Å². The van der Waals surface area contributed by atoms with Crippen molar-refractivity contribution in [3.8, 4) is 0 Å². The van der Waals surface area contributed by atoms with Crippen LogP contribution in [-0.2, 0) is 6.42 Å². The molecule has 14 heavy (non-hydrogen) atoms. The SMILES string of the molecule is CC(=O)c1cccc2c1CCCC2O. The molecule has 1 aliphatic rings. The molecule has 0 radical (unpaired) electrons.